The lowest BCUT2D eigenvalue weighted by Gasteiger charge is -2.32. The molecule has 0 unspecified atom stereocenters. The van der Waals surface area contributed by atoms with Crippen LogP contribution in [0.3, 0.4) is 0 Å². The van der Waals surface area contributed by atoms with Crippen LogP contribution in [-0.2, 0) is 0 Å². The Morgan fingerprint density at radius 2 is 2.17 bits per heavy atom. The summed E-state index contributed by atoms with van der Waals surface area (Å²) in [4.78, 5) is 14.9. The molecule has 2 aliphatic heterocycles. The molecule has 1 N–H and O–H groups in total. The zero-order chi connectivity index (χ0) is 16.5. The maximum atomic E-state index is 13.3. The summed E-state index contributed by atoms with van der Waals surface area (Å²) in [7, 11) is 0. The van der Waals surface area contributed by atoms with E-state index in [9.17, 15) is 9.18 Å². The van der Waals surface area contributed by atoms with Gasteiger partial charge in [-0.25, -0.2) is 4.39 Å². The maximum Gasteiger partial charge on any atom is 0.290 e. The fourth-order valence-electron chi connectivity index (χ4n) is 3.82. The topological polar surface area (TPSA) is 58.4 Å². The summed E-state index contributed by atoms with van der Waals surface area (Å²) in [5.41, 5.74) is 1.06. The van der Waals surface area contributed by atoms with Gasteiger partial charge in [-0.15, -0.1) is 0 Å². The van der Waals surface area contributed by atoms with Crippen LogP contribution in [0.15, 0.2) is 34.9 Å². The van der Waals surface area contributed by atoms with Crippen molar-refractivity contribution in [2.75, 3.05) is 13.1 Å². The number of benzene rings is 1. The molecule has 0 spiro atoms. The number of hydrogen-bond acceptors (Lipinski definition) is 4. The van der Waals surface area contributed by atoms with Gasteiger partial charge >= 0.3 is 0 Å². The minimum Gasteiger partial charge on any atom is -0.350 e. The van der Waals surface area contributed by atoms with Crippen LogP contribution in [0.5, 0.6) is 0 Å². The van der Waals surface area contributed by atoms with E-state index in [1.54, 1.807) is 18.2 Å². The molecule has 2 atom stereocenters. The lowest BCUT2D eigenvalue weighted by Crippen LogP contribution is -2.46. The molecule has 5 nitrogen and oxygen atoms in total. The number of fused-ring (bicyclic) bond motifs is 1. The number of nitrogens with zero attached hydrogens (tertiary/aromatic N) is 2. The van der Waals surface area contributed by atoms with Crippen LogP contribution < -0.4 is 5.32 Å². The average Bonchev–Trinajstić information content (AvgIpc) is 3.23. The number of piperidine rings is 1. The van der Waals surface area contributed by atoms with Crippen molar-refractivity contribution in [1.29, 1.82) is 0 Å². The van der Waals surface area contributed by atoms with E-state index < -0.39 is 0 Å². The van der Waals surface area contributed by atoms with E-state index in [0.717, 1.165) is 25.9 Å². The van der Waals surface area contributed by atoms with Crippen molar-refractivity contribution in [3.05, 3.63) is 41.9 Å². The predicted octanol–water partition coefficient (Wildman–Crippen LogP) is 2.84. The van der Waals surface area contributed by atoms with Gasteiger partial charge in [0.2, 0.25) is 5.76 Å². The molecule has 0 saturated carbocycles. The Labute approximate surface area is 139 Å². The zero-order valence-electron chi connectivity index (χ0n) is 13.4. The first kappa shape index (κ1) is 15.3. The van der Waals surface area contributed by atoms with E-state index in [0.29, 0.717) is 17.3 Å². The number of carbonyl (C=O) groups is 1. The van der Waals surface area contributed by atoms with Crippen molar-refractivity contribution in [2.24, 2.45) is 0 Å². The van der Waals surface area contributed by atoms with Crippen LogP contribution in [0.1, 0.15) is 36.2 Å². The molecule has 0 aliphatic carbocycles. The minimum absolute atomic E-state index is 0.167. The number of amides is 1. The number of hydrogen-bond donors (Lipinski definition) is 1. The molecule has 1 amide bonds. The molecule has 2 aromatic rings. The molecule has 24 heavy (non-hydrogen) atoms. The molecule has 2 aliphatic rings. The maximum absolute atomic E-state index is 13.3. The van der Waals surface area contributed by atoms with Crippen molar-refractivity contribution in [3.8, 4) is 11.3 Å². The van der Waals surface area contributed by atoms with Crippen LogP contribution in [0.4, 0.5) is 4.39 Å². The third-order valence-electron chi connectivity index (χ3n) is 5.03. The highest BCUT2D eigenvalue weighted by molar-refractivity contribution is 5.92. The monoisotopic (exact) mass is 329 g/mol. The second kappa shape index (κ2) is 6.36. The summed E-state index contributed by atoms with van der Waals surface area (Å²) in [5, 5.41) is 6.97. The Hall–Kier alpha value is -2.21. The van der Waals surface area contributed by atoms with Gasteiger partial charge in [0.05, 0.1) is 0 Å². The number of rotatable bonds is 3. The SMILES string of the molecule is O=C(N[C@@H]1CCN2CCCC[C@H]12)c1cc(-c2cccc(F)c2)no1. The van der Waals surface area contributed by atoms with Crippen molar-refractivity contribution < 1.29 is 13.7 Å². The predicted molar refractivity (Wildman–Crippen MR) is 87.0 cm³/mol. The van der Waals surface area contributed by atoms with Gasteiger partial charge in [0.1, 0.15) is 11.5 Å². The van der Waals surface area contributed by atoms with E-state index in [4.69, 9.17) is 4.52 Å². The van der Waals surface area contributed by atoms with Gasteiger partial charge < -0.3 is 9.84 Å². The molecule has 4 rings (SSSR count). The number of halogens is 1. The Morgan fingerprint density at radius 3 is 3.04 bits per heavy atom. The Bertz CT molecular complexity index is 745. The Kier molecular flexibility index (Phi) is 4.06. The third kappa shape index (κ3) is 2.94. The normalized spacial score (nSPS) is 23.9. The first-order chi connectivity index (χ1) is 11.7. The summed E-state index contributed by atoms with van der Waals surface area (Å²) in [6.07, 6.45) is 4.58. The Morgan fingerprint density at radius 1 is 1.25 bits per heavy atom. The average molecular weight is 329 g/mol. The van der Waals surface area contributed by atoms with Crippen LogP contribution in [0.2, 0.25) is 0 Å². The highest BCUT2D eigenvalue weighted by Crippen LogP contribution is 2.27. The van der Waals surface area contributed by atoms with Gasteiger partial charge in [-0.3, -0.25) is 9.69 Å². The van der Waals surface area contributed by atoms with E-state index in [-0.39, 0.29) is 23.5 Å². The lowest BCUT2D eigenvalue weighted by atomic mass is 9.99. The van der Waals surface area contributed by atoms with Crippen molar-refractivity contribution in [2.45, 2.75) is 37.8 Å². The van der Waals surface area contributed by atoms with Crippen molar-refractivity contribution >= 4 is 5.91 Å². The molecular weight excluding hydrogens is 309 g/mol. The van der Waals surface area contributed by atoms with Crippen LogP contribution in [-0.4, -0.2) is 41.1 Å². The lowest BCUT2D eigenvalue weighted by molar-refractivity contribution is 0.0878. The molecule has 0 radical (unpaired) electrons. The molecule has 1 aromatic carbocycles. The molecule has 2 fully saturated rings. The quantitative estimate of drug-likeness (QED) is 0.941. The van der Waals surface area contributed by atoms with Crippen LogP contribution >= 0.6 is 0 Å². The number of nitrogens with one attached hydrogen (secondary N) is 1. The first-order valence-corrected chi connectivity index (χ1v) is 8.48. The van der Waals surface area contributed by atoms with Gasteiger partial charge in [0, 0.05) is 30.3 Å². The fraction of sp³-hybridized carbons (Fsp3) is 0.444. The van der Waals surface area contributed by atoms with Crippen molar-refractivity contribution in [3.63, 3.8) is 0 Å². The Balaban J connectivity index is 1.45. The fourth-order valence-corrected chi connectivity index (χ4v) is 3.82. The summed E-state index contributed by atoms with van der Waals surface area (Å²) in [5.74, 6) is -0.420. The molecule has 0 bridgehead atoms. The van der Waals surface area contributed by atoms with Gasteiger partial charge in [-0.05, 0) is 37.9 Å². The smallest absolute Gasteiger partial charge is 0.290 e. The molecule has 3 heterocycles. The van der Waals surface area contributed by atoms with Gasteiger partial charge in [0.15, 0.2) is 0 Å². The van der Waals surface area contributed by atoms with Crippen LogP contribution in [0.25, 0.3) is 11.3 Å². The summed E-state index contributed by atoms with van der Waals surface area (Å²) in [6, 6.07) is 8.25. The van der Waals surface area contributed by atoms with E-state index in [1.165, 1.54) is 25.0 Å². The second-order valence-corrected chi connectivity index (χ2v) is 6.55. The van der Waals surface area contributed by atoms with E-state index in [1.807, 2.05) is 0 Å². The third-order valence-corrected chi connectivity index (χ3v) is 5.03. The van der Waals surface area contributed by atoms with E-state index >= 15 is 0 Å². The number of carbonyl (C=O) groups excluding carboxylic acids is 1. The standard InChI is InChI=1S/C18H20FN3O2/c19-13-5-3-4-12(10-13)15-11-17(24-21-15)18(23)20-14-7-9-22-8-2-1-6-16(14)22/h3-5,10-11,14,16H,1-2,6-9H2,(H,20,23)/t14-,16-/m1/s1. The first-order valence-electron chi connectivity index (χ1n) is 8.48. The van der Waals surface area contributed by atoms with Crippen molar-refractivity contribution in [1.82, 2.24) is 15.4 Å². The molecule has 6 heteroatoms. The van der Waals surface area contributed by atoms with Crippen LogP contribution in [0, 0.1) is 5.82 Å². The van der Waals surface area contributed by atoms with Gasteiger partial charge in [-0.1, -0.05) is 23.7 Å². The summed E-state index contributed by atoms with van der Waals surface area (Å²) < 4.78 is 18.5. The zero-order valence-corrected chi connectivity index (χ0v) is 13.4. The van der Waals surface area contributed by atoms with Gasteiger partial charge in [-0.2, -0.15) is 0 Å². The van der Waals surface area contributed by atoms with E-state index in [2.05, 4.69) is 15.4 Å². The molecule has 126 valence electrons. The molecule has 1 aromatic heterocycles. The highest BCUT2D eigenvalue weighted by Gasteiger charge is 2.36. The largest absolute Gasteiger partial charge is 0.350 e. The number of aromatic nitrogens is 1. The highest BCUT2D eigenvalue weighted by atomic mass is 19.1. The summed E-state index contributed by atoms with van der Waals surface area (Å²) in [6.45, 7) is 2.17. The molecular formula is C18H20FN3O2. The van der Waals surface area contributed by atoms with Gasteiger partial charge in [0.25, 0.3) is 5.91 Å². The minimum atomic E-state index is -0.343. The summed E-state index contributed by atoms with van der Waals surface area (Å²) >= 11 is 0. The molecule has 2 saturated heterocycles. The second-order valence-electron chi connectivity index (χ2n) is 6.55.